The number of ether oxygens (including phenoxy) is 1. The number of aliphatic carboxylic acids is 1. The molecule has 1 atom stereocenters. The van der Waals surface area contributed by atoms with Gasteiger partial charge in [0.1, 0.15) is 17.4 Å². The number of carbonyl (C=O) groups excluding carboxylic acids is 1. The summed E-state index contributed by atoms with van der Waals surface area (Å²) in [5, 5.41) is 12.4. The summed E-state index contributed by atoms with van der Waals surface area (Å²) in [4.78, 5) is 26.1. The third-order valence-electron chi connectivity index (χ3n) is 6.30. The van der Waals surface area contributed by atoms with Crippen LogP contribution in [-0.4, -0.2) is 47.2 Å². The lowest BCUT2D eigenvalue weighted by Crippen LogP contribution is -2.42. The van der Waals surface area contributed by atoms with E-state index in [1.165, 1.54) is 19.1 Å². The summed E-state index contributed by atoms with van der Waals surface area (Å²) in [5.74, 6) is -1.86. The summed E-state index contributed by atoms with van der Waals surface area (Å²) in [7, 11) is 0. The van der Waals surface area contributed by atoms with Gasteiger partial charge in [0.2, 0.25) is 5.60 Å². The molecule has 0 spiro atoms. The zero-order valence-electron chi connectivity index (χ0n) is 21.5. The largest absolute Gasteiger partial charge is 0.478 e. The van der Waals surface area contributed by atoms with Gasteiger partial charge >= 0.3 is 12.0 Å². The van der Waals surface area contributed by atoms with E-state index in [2.05, 4.69) is 12.2 Å². The quantitative estimate of drug-likeness (QED) is 0.293. The fourth-order valence-electron chi connectivity index (χ4n) is 3.71. The van der Waals surface area contributed by atoms with E-state index >= 15 is 0 Å². The highest BCUT2D eigenvalue weighted by atomic mass is 19.1. The third-order valence-corrected chi connectivity index (χ3v) is 6.30. The Morgan fingerprint density at radius 1 is 1.03 bits per heavy atom. The number of rotatable bonds is 15. The van der Waals surface area contributed by atoms with Crippen molar-refractivity contribution in [1.82, 2.24) is 10.2 Å². The Morgan fingerprint density at radius 2 is 1.78 bits per heavy atom. The summed E-state index contributed by atoms with van der Waals surface area (Å²) < 4.78 is 33.1. The molecule has 0 heterocycles. The molecule has 0 aliphatic rings. The van der Waals surface area contributed by atoms with Gasteiger partial charge in [-0.15, -0.1) is 0 Å². The number of carboxylic acids is 1. The molecule has 0 aliphatic carbocycles. The van der Waals surface area contributed by atoms with Crippen LogP contribution in [0.15, 0.2) is 42.5 Å². The van der Waals surface area contributed by atoms with E-state index in [1.807, 2.05) is 6.07 Å². The van der Waals surface area contributed by atoms with Crippen molar-refractivity contribution in [1.29, 1.82) is 0 Å². The first-order valence-corrected chi connectivity index (χ1v) is 12.7. The lowest BCUT2D eigenvalue weighted by molar-refractivity contribution is -0.154. The van der Waals surface area contributed by atoms with Gasteiger partial charge in [0.15, 0.2) is 0 Å². The molecule has 0 radical (unpaired) electrons. The van der Waals surface area contributed by atoms with Crippen molar-refractivity contribution in [2.24, 2.45) is 0 Å². The molecular formula is C28H38F2N2O4. The van der Waals surface area contributed by atoms with Gasteiger partial charge < -0.3 is 20.1 Å². The number of unbranched alkanes of at least 4 members (excludes halogenated alkanes) is 3. The average molecular weight is 505 g/mol. The van der Waals surface area contributed by atoms with E-state index in [-0.39, 0.29) is 19.0 Å². The highest BCUT2D eigenvalue weighted by molar-refractivity contribution is 5.77. The topological polar surface area (TPSA) is 78.9 Å². The maximum atomic E-state index is 14.1. The summed E-state index contributed by atoms with van der Waals surface area (Å²) in [5.41, 5.74) is -0.105. The first-order valence-electron chi connectivity index (χ1n) is 12.7. The Kier molecular flexibility index (Phi) is 11.6. The van der Waals surface area contributed by atoms with Gasteiger partial charge in [0.25, 0.3) is 0 Å². The first-order chi connectivity index (χ1) is 17.2. The fourth-order valence-corrected chi connectivity index (χ4v) is 3.71. The molecule has 198 valence electrons. The summed E-state index contributed by atoms with van der Waals surface area (Å²) in [6.45, 7) is 6.61. The van der Waals surface area contributed by atoms with Crippen molar-refractivity contribution in [3.8, 4) is 5.75 Å². The van der Waals surface area contributed by atoms with Gasteiger partial charge in [-0.25, -0.2) is 18.4 Å². The summed E-state index contributed by atoms with van der Waals surface area (Å²) in [6.07, 6.45) is 5.21. The monoisotopic (exact) mass is 504 g/mol. The van der Waals surface area contributed by atoms with Gasteiger partial charge in [-0.2, -0.15) is 0 Å². The van der Waals surface area contributed by atoms with Gasteiger partial charge in [-0.3, -0.25) is 0 Å². The number of carboxylic acid groups (broad SMARTS) is 1. The van der Waals surface area contributed by atoms with Crippen molar-refractivity contribution in [3.05, 3.63) is 65.2 Å². The van der Waals surface area contributed by atoms with Crippen molar-refractivity contribution < 1.29 is 28.2 Å². The first kappa shape index (κ1) is 29.1. The number of benzene rings is 2. The molecule has 0 aliphatic heterocycles. The molecule has 36 heavy (non-hydrogen) atoms. The zero-order chi connectivity index (χ0) is 26.6. The van der Waals surface area contributed by atoms with Crippen LogP contribution in [0.2, 0.25) is 0 Å². The standard InChI is InChI=1S/C28H38F2N2O4/c1-4-6-7-8-16-31-27(35)32(18-15-22-12-13-23(29)20-25(22)30)17-14-21-10-9-11-24(19-21)36-28(3,5-2)26(33)34/h9-13,19-20H,4-8,14-18H2,1-3H3,(H,31,35)(H,33,34)/t28-/m0/s1. The van der Waals surface area contributed by atoms with Crippen LogP contribution in [-0.2, 0) is 17.6 Å². The number of halogens is 2. The van der Waals surface area contributed by atoms with E-state index in [4.69, 9.17) is 4.74 Å². The van der Waals surface area contributed by atoms with E-state index in [0.29, 0.717) is 37.2 Å². The van der Waals surface area contributed by atoms with Crippen molar-refractivity contribution in [2.45, 2.75) is 71.3 Å². The number of nitrogens with zero attached hydrogens (tertiary/aromatic N) is 1. The minimum atomic E-state index is -1.33. The molecule has 0 bridgehead atoms. The second kappa shape index (κ2) is 14.4. The lowest BCUT2D eigenvalue weighted by Gasteiger charge is -2.25. The summed E-state index contributed by atoms with van der Waals surface area (Å²) >= 11 is 0. The normalized spacial score (nSPS) is 12.6. The van der Waals surface area contributed by atoms with Crippen LogP contribution >= 0.6 is 0 Å². The molecule has 2 amide bonds. The van der Waals surface area contributed by atoms with Crippen LogP contribution in [0.4, 0.5) is 13.6 Å². The predicted molar refractivity (Wildman–Crippen MR) is 136 cm³/mol. The maximum Gasteiger partial charge on any atom is 0.347 e. The Hall–Kier alpha value is -3.16. The van der Waals surface area contributed by atoms with Gasteiger partial charge in [-0.05, 0) is 61.9 Å². The van der Waals surface area contributed by atoms with Crippen molar-refractivity contribution in [2.75, 3.05) is 19.6 Å². The molecule has 0 saturated carbocycles. The van der Waals surface area contributed by atoms with Gasteiger partial charge in [-0.1, -0.05) is 51.3 Å². The minimum absolute atomic E-state index is 0.231. The lowest BCUT2D eigenvalue weighted by atomic mass is 10.0. The molecule has 0 unspecified atom stereocenters. The zero-order valence-corrected chi connectivity index (χ0v) is 21.5. The third kappa shape index (κ3) is 9.13. The Bertz CT molecular complexity index is 1000. The van der Waals surface area contributed by atoms with Crippen LogP contribution < -0.4 is 10.1 Å². The van der Waals surface area contributed by atoms with Crippen LogP contribution in [0.5, 0.6) is 5.75 Å². The molecule has 2 aromatic rings. The van der Waals surface area contributed by atoms with Gasteiger partial charge in [0.05, 0.1) is 0 Å². The fraction of sp³-hybridized carbons (Fsp3) is 0.500. The minimum Gasteiger partial charge on any atom is -0.478 e. The number of carbonyl (C=O) groups is 2. The number of hydrogen-bond acceptors (Lipinski definition) is 3. The SMILES string of the molecule is CCCCCCNC(=O)N(CCc1cccc(O[C@@](C)(CC)C(=O)O)c1)CCc1ccc(F)cc1F. The van der Waals surface area contributed by atoms with E-state index in [9.17, 15) is 23.5 Å². The summed E-state index contributed by atoms with van der Waals surface area (Å²) in [6, 6.07) is 10.4. The molecule has 2 aromatic carbocycles. The molecule has 8 heteroatoms. The predicted octanol–water partition coefficient (Wildman–Crippen LogP) is 5.97. The van der Waals surface area contributed by atoms with E-state index < -0.39 is 23.2 Å². The maximum absolute atomic E-state index is 14.1. The van der Waals surface area contributed by atoms with Crippen LogP contribution in [0.25, 0.3) is 0 Å². The van der Waals surface area contributed by atoms with Crippen molar-refractivity contribution >= 4 is 12.0 Å². The molecule has 0 saturated heterocycles. The van der Waals surface area contributed by atoms with Crippen molar-refractivity contribution in [3.63, 3.8) is 0 Å². The highest BCUT2D eigenvalue weighted by Gasteiger charge is 2.33. The highest BCUT2D eigenvalue weighted by Crippen LogP contribution is 2.23. The molecular weight excluding hydrogens is 466 g/mol. The molecule has 0 aromatic heterocycles. The smallest absolute Gasteiger partial charge is 0.347 e. The van der Waals surface area contributed by atoms with E-state index in [1.54, 1.807) is 30.0 Å². The Balaban J connectivity index is 2.06. The number of amides is 2. The molecule has 6 nitrogen and oxygen atoms in total. The average Bonchev–Trinajstić information content (AvgIpc) is 2.84. The second-order valence-corrected chi connectivity index (χ2v) is 9.15. The Morgan fingerprint density at radius 3 is 2.44 bits per heavy atom. The second-order valence-electron chi connectivity index (χ2n) is 9.15. The van der Waals surface area contributed by atoms with Crippen LogP contribution in [0, 0.1) is 11.6 Å². The number of urea groups is 1. The number of hydrogen-bond donors (Lipinski definition) is 2. The molecule has 2 rings (SSSR count). The Labute approximate surface area is 212 Å². The van der Waals surface area contributed by atoms with Crippen LogP contribution in [0.1, 0.15) is 64.0 Å². The van der Waals surface area contributed by atoms with Gasteiger partial charge in [0, 0.05) is 25.7 Å². The van der Waals surface area contributed by atoms with Crippen LogP contribution in [0.3, 0.4) is 0 Å². The van der Waals surface area contributed by atoms with E-state index in [0.717, 1.165) is 37.3 Å². The number of nitrogens with one attached hydrogen (secondary N) is 1. The molecule has 2 N–H and O–H groups in total. The molecule has 0 fully saturated rings.